The molecule has 0 saturated heterocycles. The van der Waals surface area contributed by atoms with E-state index < -0.39 is 0 Å². The summed E-state index contributed by atoms with van der Waals surface area (Å²) < 4.78 is 2.06. The first-order chi connectivity index (χ1) is 9.25. The van der Waals surface area contributed by atoms with Crippen LogP contribution in [0.3, 0.4) is 0 Å². The highest BCUT2D eigenvalue weighted by molar-refractivity contribution is 5.16. The molecule has 0 amide bonds. The van der Waals surface area contributed by atoms with Gasteiger partial charge in [0.1, 0.15) is 0 Å². The minimum Gasteiger partial charge on any atom is -0.310 e. The van der Waals surface area contributed by atoms with Crippen LogP contribution in [0, 0.1) is 6.92 Å². The first kappa shape index (κ1) is 12.9. The summed E-state index contributed by atoms with van der Waals surface area (Å²) >= 11 is 0. The van der Waals surface area contributed by atoms with Crippen molar-refractivity contribution in [3.8, 4) is 0 Å². The molecule has 2 aliphatic rings. The van der Waals surface area contributed by atoms with Crippen LogP contribution in [0.4, 0.5) is 0 Å². The van der Waals surface area contributed by atoms with E-state index in [1.807, 2.05) is 6.07 Å². The molecule has 0 bridgehead atoms. The number of rotatable bonds is 4. The Hall–Kier alpha value is -1.09. The zero-order valence-electron chi connectivity index (χ0n) is 11.8. The predicted octanol–water partition coefficient (Wildman–Crippen LogP) is 2.91. The molecule has 0 atom stereocenters. The van der Waals surface area contributed by atoms with Crippen molar-refractivity contribution in [2.45, 2.75) is 70.5 Å². The van der Waals surface area contributed by atoms with Gasteiger partial charge < -0.3 is 9.88 Å². The van der Waals surface area contributed by atoms with Gasteiger partial charge in [-0.05, 0) is 38.7 Å². The van der Waals surface area contributed by atoms with E-state index in [2.05, 4.69) is 22.9 Å². The fourth-order valence-electron chi connectivity index (χ4n) is 3.16. The van der Waals surface area contributed by atoms with Crippen LogP contribution in [-0.2, 0) is 6.54 Å². The van der Waals surface area contributed by atoms with Gasteiger partial charge in [-0.3, -0.25) is 4.79 Å². The van der Waals surface area contributed by atoms with Crippen LogP contribution in [0.25, 0.3) is 0 Å². The topological polar surface area (TPSA) is 34.0 Å². The third kappa shape index (κ3) is 2.92. The van der Waals surface area contributed by atoms with E-state index in [4.69, 9.17) is 0 Å². The van der Waals surface area contributed by atoms with Crippen molar-refractivity contribution in [1.29, 1.82) is 0 Å². The average Bonchev–Trinajstić information content (AvgIpc) is 3.23. The van der Waals surface area contributed by atoms with Crippen LogP contribution in [0.2, 0.25) is 0 Å². The highest BCUT2D eigenvalue weighted by atomic mass is 16.1. The van der Waals surface area contributed by atoms with Gasteiger partial charge in [0.2, 0.25) is 0 Å². The van der Waals surface area contributed by atoms with Gasteiger partial charge in [-0.25, -0.2) is 0 Å². The molecule has 1 N–H and O–H groups in total. The normalized spacial score (nSPS) is 20.7. The number of hydrogen-bond donors (Lipinski definition) is 1. The summed E-state index contributed by atoms with van der Waals surface area (Å²) in [5.41, 5.74) is 2.29. The van der Waals surface area contributed by atoms with Crippen molar-refractivity contribution >= 4 is 0 Å². The predicted molar refractivity (Wildman–Crippen MR) is 77.4 cm³/mol. The first-order valence-corrected chi connectivity index (χ1v) is 7.70. The van der Waals surface area contributed by atoms with Crippen molar-refractivity contribution in [2.75, 3.05) is 0 Å². The second-order valence-electron chi connectivity index (χ2n) is 6.12. The van der Waals surface area contributed by atoms with Crippen LogP contribution >= 0.6 is 0 Å². The lowest BCUT2D eigenvalue weighted by Gasteiger charge is -2.26. The van der Waals surface area contributed by atoms with Gasteiger partial charge in [0.05, 0.1) is 0 Å². The van der Waals surface area contributed by atoms with Crippen LogP contribution < -0.4 is 10.9 Å². The minimum absolute atomic E-state index is 0.236. The van der Waals surface area contributed by atoms with Crippen molar-refractivity contribution in [3.05, 3.63) is 33.7 Å². The number of pyridine rings is 1. The molecule has 2 aliphatic carbocycles. The van der Waals surface area contributed by atoms with E-state index in [-0.39, 0.29) is 5.56 Å². The van der Waals surface area contributed by atoms with Gasteiger partial charge in [-0.1, -0.05) is 25.3 Å². The van der Waals surface area contributed by atoms with Gasteiger partial charge in [0.25, 0.3) is 5.56 Å². The smallest absolute Gasteiger partial charge is 0.255 e. The fraction of sp³-hybridized carbons (Fsp3) is 0.688. The number of aromatic nitrogens is 1. The zero-order valence-corrected chi connectivity index (χ0v) is 11.8. The van der Waals surface area contributed by atoms with Gasteiger partial charge in [-0.2, -0.15) is 0 Å². The van der Waals surface area contributed by atoms with Gasteiger partial charge in [0, 0.05) is 29.9 Å². The molecule has 0 radical (unpaired) electrons. The lowest BCUT2D eigenvalue weighted by atomic mass is 9.94. The Bertz CT molecular complexity index is 496. The molecule has 19 heavy (non-hydrogen) atoms. The molecule has 1 aromatic heterocycles. The average molecular weight is 260 g/mol. The second-order valence-corrected chi connectivity index (χ2v) is 6.12. The molecular weight excluding hydrogens is 236 g/mol. The van der Waals surface area contributed by atoms with Crippen molar-refractivity contribution in [2.24, 2.45) is 0 Å². The molecular formula is C16H24N2O. The first-order valence-electron chi connectivity index (χ1n) is 7.70. The van der Waals surface area contributed by atoms with E-state index in [9.17, 15) is 4.79 Å². The molecule has 0 aromatic carbocycles. The monoisotopic (exact) mass is 260 g/mol. The Morgan fingerprint density at radius 3 is 2.58 bits per heavy atom. The lowest BCUT2D eigenvalue weighted by molar-refractivity contribution is 0.340. The zero-order chi connectivity index (χ0) is 13.2. The third-order valence-electron chi connectivity index (χ3n) is 4.50. The highest BCUT2D eigenvalue weighted by Crippen LogP contribution is 2.28. The molecule has 0 unspecified atom stereocenters. The summed E-state index contributed by atoms with van der Waals surface area (Å²) in [6, 6.07) is 5.21. The molecule has 1 heterocycles. The number of nitrogens with one attached hydrogen (secondary N) is 1. The Morgan fingerprint density at radius 1 is 1.16 bits per heavy atom. The maximum Gasteiger partial charge on any atom is 0.255 e. The summed E-state index contributed by atoms with van der Waals surface area (Å²) in [6.45, 7) is 2.80. The molecule has 3 heteroatoms. The SMILES string of the molecule is Cc1ccc(CNC2CC2)c(=O)n1C1CCCCC1. The molecule has 1 aromatic rings. The summed E-state index contributed by atoms with van der Waals surface area (Å²) in [5.74, 6) is 0. The van der Waals surface area contributed by atoms with E-state index in [0.717, 1.165) is 17.8 Å². The van der Waals surface area contributed by atoms with Gasteiger partial charge in [-0.15, -0.1) is 0 Å². The Balaban J connectivity index is 1.83. The van der Waals surface area contributed by atoms with Crippen molar-refractivity contribution < 1.29 is 0 Å². The van der Waals surface area contributed by atoms with Crippen LogP contribution in [0.15, 0.2) is 16.9 Å². The highest BCUT2D eigenvalue weighted by Gasteiger charge is 2.22. The Kier molecular flexibility index (Phi) is 3.74. The molecule has 2 saturated carbocycles. The number of nitrogens with zero attached hydrogens (tertiary/aromatic N) is 1. The van der Waals surface area contributed by atoms with Crippen LogP contribution in [0.5, 0.6) is 0 Å². The standard InChI is InChI=1S/C16H24N2O/c1-12-7-8-13(11-17-14-9-10-14)16(19)18(12)15-5-3-2-4-6-15/h7-8,14-15,17H,2-6,9-11H2,1H3. The lowest BCUT2D eigenvalue weighted by Crippen LogP contribution is -2.32. The maximum atomic E-state index is 12.6. The van der Waals surface area contributed by atoms with E-state index >= 15 is 0 Å². The van der Waals surface area contributed by atoms with Crippen molar-refractivity contribution in [3.63, 3.8) is 0 Å². The molecule has 0 aliphatic heterocycles. The van der Waals surface area contributed by atoms with Gasteiger partial charge >= 0.3 is 0 Å². The van der Waals surface area contributed by atoms with Crippen LogP contribution in [-0.4, -0.2) is 10.6 Å². The number of hydrogen-bond acceptors (Lipinski definition) is 2. The van der Waals surface area contributed by atoms with Crippen LogP contribution in [0.1, 0.15) is 62.2 Å². The van der Waals surface area contributed by atoms with E-state index in [0.29, 0.717) is 12.1 Å². The molecule has 0 spiro atoms. The third-order valence-corrected chi connectivity index (χ3v) is 4.50. The summed E-state index contributed by atoms with van der Waals surface area (Å²) in [7, 11) is 0. The summed E-state index contributed by atoms with van der Waals surface area (Å²) in [5, 5.41) is 3.45. The van der Waals surface area contributed by atoms with E-state index in [1.165, 1.54) is 44.9 Å². The second kappa shape index (κ2) is 5.49. The summed E-state index contributed by atoms with van der Waals surface area (Å²) in [4.78, 5) is 12.6. The fourth-order valence-corrected chi connectivity index (χ4v) is 3.16. The number of aryl methyl sites for hydroxylation is 1. The Morgan fingerprint density at radius 2 is 1.89 bits per heavy atom. The molecule has 104 valence electrons. The minimum atomic E-state index is 0.236. The van der Waals surface area contributed by atoms with E-state index in [1.54, 1.807) is 0 Å². The summed E-state index contributed by atoms with van der Waals surface area (Å²) in [6.07, 6.45) is 8.72. The quantitative estimate of drug-likeness (QED) is 0.903. The van der Waals surface area contributed by atoms with Gasteiger partial charge in [0.15, 0.2) is 0 Å². The molecule has 3 nitrogen and oxygen atoms in total. The maximum absolute atomic E-state index is 12.6. The molecule has 2 fully saturated rings. The van der Waals surface area contributed by atoms with Crippen molar-refractivity contribution in [1.82, 2.24) is 9.88 Å². The Labute approximate surface area is 115 Å². The molecule has 3 rings (SSSR count). The largest absolute Gasteiger partial charge is 0.310 e.